The van der Waals surface area contributed by atoms with Crippen molar-refractivity contribution in [3.63, 3.8) is 0 Å². The number of rotatable bonds is 3. The van der Waals surface area contributed by atoms with Crippen LogP contribution in [0.5, 0.6) is 0 Å². The number of aromatic nitrogens is 3. The Labute approximate surface area is 116 Å². The van der Waals surface area contributed by atoms with Crippen LogP contribution in [-0.4, -0.2) is 15.2 Å². The molecular weight excluding hydrogens is 254 g/mol. The average Bonchev–Trinajstić information content (AvgIpc) is 2.86. The summed E-state index contributed by atoms with van der Waals surface area (Å²) in [6.07, 6.45) is 0.752. The lowest BCUT2D eigenvalue weighted by Crippen LogP contribution is -1.90. The van der Waals surface area contributed by atoms with Gasteiger partial charge in [-0.05, 0) is 28.9 Å². The molecule has 0 saturated carbocycles. The summed E-state index contributed by atoms with van der Waals surface area (Å²) < 4.78 is 0.496. The number of hydrogen-bond donors (Lipinski definition) is 2. The van der Waals surface area contributed by atoms with Gasteiger partial charge >= 0.3 is 0 Å². The first kappa shape index (κ1) is 11.9. The van der Waals surface area contributed by atoms with Crippen LogP contribution in [0.2, 0.25) is 0 Å². The largest absolute Gasteiger partial charge is 0.285 e. The Bertz CT molecular complexity index is 711. The molecule has 0 spiro atoms. The molecule has 3 rings (SSSR count). The van der Waals surface area contributed by atoms with Crippen LogP contribution in [0.15, 0.2) is 54.6 Å². The van der Waals surface area contributed by atoms with Gasteiger partial charge in [-0.1, -0.05) is 54.6 Å². The van der Waals surface area contributed by atoms with Gasteiger partial charge in [0.1, 0.15) is 5.82 Å². The quantitative estimate of drug-likeness (QED) is 0.710. The molecule has 1 heterocycles. The number of nitrogens with one attached hydrogen (secondary N) is 2. The maximum Gasteiger partial charge on any atom is 0.213 e. The molecule has 3 aromatic rings. The molecule has 0 radical (unpaired) electrons. The summed E-state index contributed by atoms with van der Waals surface area (Å²) in [4.78, 5) is 4.19. The van der Waals surface area contributed by atoms with Crippen LogP contribution in [0, 0.1) is 4.77 Å². The second kappa shape index (κ2) is 5.20. The van der Waals surface area contributed by atoms with Crippen LogP contribution in [0.4, 0.5) is 0 Å². The number of benzene rings is 2. The van der Waals surface area contributed by atoms with Crippen molar-refractivity contribution in [1.82, 2.24) is 15.2 Å². The van der Waals surface area contributed by atoms with E-state index in [0.717, 1.165) is 12.2 Å². The number of H-pyrrole nitrogens is 2. The van der Waals surface area contributed by atoms with Crippen LogP contribution >= 0.6 is 12.2 Å². The highest BCUT2D eigenvalue weighted by atomic mass is 32.1. The van der Waals surface area contributed by atoms with Gasteiger partial charge in [0.25, 0.3) is 0 Å². The van der Waals surface area contributed by atoms with Gasteiger partial charge in [0.15, 0.2) is 0 Å². The Hall–Kier alpha value is -2.20. The molecule has 0 atom stereocenters. The normalized spacial score (nSPS) is 10.5. The third-order valence-electron chi connectivity index (χ3n) is 2.98. The second-order valence-electron chi connectivity index (χ2n) is 4.35. The Kier molecular flexibility index (Phi) is 3.25. The van der Waals surface area contributed by atoms with Crippen LogP contribution in [-0.2, 0) is 6.42 Å². The van der Waals surface area contributed by atoms with E-state index in [-0.39, 0.29) is 0 Å². The van der Waals surface area contributed by atoms with Gasteiger partial charge in [-0.15, -0.1) is 0 Å². The third-order valence-corrected chi connectivity index (χ3v) is 3.18. The van der Waals surface area contributed by atoms with E-state index in [2.05, 4.69) is 51.6 Å². The first-order chi connectivity index (χ1) is 9.31. The summed E-state index contributed by atoms with van der Waals surface area (Å²) in [5.41, 5.74) is 3.66. The molecule has 0 aliphatic rings. The van der Waals surface area contributed by atoms with Crippen molar-refractivity contribution < 1.29 is 0 Å². The Morgan fingerprint density at radius 3 is 2.16 bits per heavy atom. The zero-order valence-electron chi connectivity index (χ0n) is 10.3. The van der Waals surface area contributed by atoms with E-state index >= 15 is 0 Å². The molecule has 0 aliphatic heterocycles. The highest BCUT2D eigenvalue weighted by Gasteiger charge is 2.01. The Morgan fingerprint density at radius 1 is 0.842 bits per heavy atom. The lowest BCUT2D eigenvalue weighted by atomic mass is 10.0. The summed E-state index contributed by atoms with van der Waals surface area (Å²) in [6, 6.07) is 18.8. The van der Waals surface area contributed by atoms with Crippen molar-refractivity contribution in [1.29, 1.82) is 0 Å². The van der Waals surface area contributed by atoms with E-state index in [9.17, 15) is 0 Å². The first-order valence-electron chi connectivity index (χ1n) is 6.09. The molecule has 2 aromatic carbocycles. The highest BCUT2D eigenvalue weighted by Crippen LogP contribution is 2.19. The Balaban J connectivity index is 1.81. The van der Waals surface area contributed by atoms with Crippen LogP contribution in [0.25, 0.3) is 11.1 Å². The summed E-state index contributed by atoms with van der Waals surface area (Å²) >= 11 is 4.94. The van der Waals surface area contributed by atoms with Crippen LogP contribution in [0.1, 0.15) is 11.4 Å². The molecular formula is C15H13N3S. The van der Waals surface area contributed by atoms with Crippen molar-refractivity contribution in [2.45, 2.75) is 6.42 Å². The van der Waals surface area contributed by atoms with E-state index in [1.165, 1.54) is 16.7 Å². The summed E-state index contributed by atoms with van der Waals surface area (Å²) in [5.74, 6) is 0.859. The van der Waals surface area contributed by atoms with E-state index in [1.807, 2.05) is 18.2 Å². The molecule has 1 aromatic heterocycles. The maximum absolute atomic E-state index is 4.94. The molecule has 3 nitrogen and oxygen atoms in total. The monoisotopic (exact) mass is 267 g/mol. The van der Waals surface area contributed by atoms with Gasteiger partial charge in [0.05, 0.1) is 0 Å². The van der Waals surface area contributed by atoms with Gasteiger partial charge in [-0.3, -0.25) is 10.2 Å². The fourth-order valence-corrected chi connectivity index (χ4v) is 2.19. The van der Waals surface area contributed by atoms with Crippen molar-refractivity contribution in [3.05, 3.63) is 70.8 Å². The standard InChI is InChI=1S/C15H13N3S/c19-15-16-14(17-18-15)10-11-6-8-13(9-7-11)12-4-2-1-3-5-12/h1-9H,10H2,(H2,16,17,18,19). The fourth-order valence-electron chi connectivity index (χ4n) is 2.03. The fraction of sp³-hybridized carbons (Fsp3) is 0.0667. The van der Waals surface area contributed by atoms with Gasteiger partial charge < -0.3 is 0 Å². The van der Waals surface area contributed by atoms with E-state index in [4.69, 9.17) is 12.2 Å². The van der Waals surface area contributed by atoms with Crippen LogP contribution in [0.3, 0.4) is 0 Å². The lowest BCUT2D eigenvalue weighted by Gasteiger charge is -2.03. The number of aromatic amines is 2. The first-order valence-corrected chi connectivity index (χ1v) is 6.50. The van der Waals surface area contributed by atoms with Crippen molar-refractivity contribution >= 4 is 12.2 Å². The second-order valence-corrected chi connectivity index (χ2v) is 4.74. The smallest absolute Gasteiger partial charge is 0.213 e. The minimum Gasteiger partial charge on any atom is -0.285 e. The summed E-state index contributed by atoms with van der Waals surface area (Å²) in [5, 5.41) is 5.76. The highest BCUT2D eigenvalue weighted by molar-refractivity contribution is 7.71. The zero-order chi connectivity index (χ0) is 13.1. The molecule has 0 unspecified atom stereocenters. The maximum atomic E-state index is 4.94. The predicted molar refractivity (Wildman–Crippen MR) is 78.5 cm³/mol. The van der Waals surface area contributed by atoms with Gasteiger partial charge in [0.2, 0.25) is 4.77 Å². The lowest BCUT2D eigenvalue weighted by molar-refractivity contribution is 0.972. The van der Waals surface area contributed by atoms with Gasteiger partial charge in [-0.2, -0.15) is 0 Å². The van der Waals surface area contributed by atoms with Crippen molar-refractivity contribution in [2.24, 2.45) is 0 Å². The van der Waals surface area contributed by atoms with Crippen LogP contribution < -0.4 is 0 Å². The van der Waals surface area contributed by atoms with Gasteiger partial charge in [-0.25, -0.2) is 4.98 Å². The molecule has 0 bridgehead atoms. The van der Waals surface area contributed by atoms with Crippen molar-refractivity contribution in [3.8, 4) is 11.1 Å². The van der Waals surface area contributed by atoms with E-state index in [0.29, 0.717) is 4.77 Å². The third kappa shape index (κ3) is 2.80. The topological polar surface area (TPSA) is 44.5 Å². The molecule has 0 fully saturated rings. The molecule has 4 heteroatoms. The number of nitrogens with zero attached hydrogens (tertiary/aromatic N) is 1. The molecule has 0 aliphatic carbocycles. The molecule has 19 heavy (non-hydrogen) atoms. The summed E-state index contributed by atoms with van der Waals surface area (Å²) in [6.45, 7) is 0. The predicted octanol–water partition coefficient (Wildman–Crippen LogP) is 3.73. The van der Waals surface area contributed by atoms with E-state index in [1.54, 1.807) is 0 Å². The average molecular weight is 267 g/mol. The Morgan fingerprint density at radius 2 is 1.53 bits per heavy atom. The summed E-state index contributed by atoms with van der Waals surface area (Å²) in [7, 11) is 0. The SMILES string of the molecule is S=c1nc(Cc2ccc(-c3ccccc3)cc2)[nH][nH]1. The zero-order valence-corrected chi connectivity index (χ0v) is 11.1. The van der Waals surface area contributed by atoms with Crippen molar-refractivity contribution in [2.75, 3.05) is 0 Å². The molecule has 0 amide bonds. The molecule has 2 N–H and O–H groups in total. The van der Waals surface area contributed by atoms with Gasteiger partial charge in [0, 0.05) is 6.42 Å². The minimum atomic E-state index is 0.496. The minimum absolute atomic E-state index is 0.496. The molecule has 0 saturated heterocycles. The molecule has 94 valence electrons. The van der Waals surface area contributed by atoms with E-state index < -0.39 is 0 Å². The number of hydrogen-bond acceptors (Lipinski definition) is 2.